The predicted molar refractivity (Wildman–Crippen MR) is 94.1 cm³/mol. The molecular weight excluding hydrogens is 362 g/mol. The molecule has 0 amide bonds. The van der Waals surface area contributed by atoms with E-state index in [1.165, 1.54) is 11.3 Å². The van der Waals surface area contributed by atoms with Gasteiger partial charge in [0, 0.05) is 35.8 Å². The van der Waals surface area contributed by atoms with Gasteiger partial charge in [-0.2, -0.15) is 5.10 Å². The number of alkyl halides is 2. The van der Waals surface area contributed by atoms with Crippen molar-refractivity contribution in [1.82, 2.24) is 20.1 Å². The summed E-state index contributed by atoms with van der Waals surface area (Å²) in [6, 6.07) is 0. The van der Waals surface area contributed by atoms with Crippen LogP contribution in [0.4, 0.5) is 8.78 Å². The van der Waals surface area contributed by atoms with Crippen LogP contribution in [-0.2, 0) is 13.0 Å². The molecule has 9 heteroatoms. The average Bonchev–Trinajstić information content (AvgIpc) is 3.16. The molecular formula is C17H16F2N4O2S. The topological polar surface area (TPSA) is 74.0 Å². The second-order valence-corrected chi connectivity index (χ2v) is 7.83. The lowest BCUT2D eigenvalue weighted by Gasteiger charge is -2.31. The van der Waals surface area contributed by atoms with Crippen molar-refractivity contribution in [2.24, 2.45) is 0 Å². The van der Waals surface area contributed by atoms with Crippen LogP contribution >= 0.6 is 11.3 Å². The van der Waals surface area contributed by atoms with Gasteiger partial charge in [0.1, 0.15) is 10.4 Å². The molecule has 1 saturated heterocycles. The largest absolute Gasteiger partial charge is 0.485 e. The van der Waals surface area contributed by atoms with Crippen molar-refractivity contribution in [3.63, 3.8) is 0 Å². The van der Waals surface area contributed by atoms with Gasteiger partial charge in [-0.1, -0.05) is 0 Å². The molecule has 1 fully saturated rings. The number of aromatic amines is 2. The van der Waals surface area contributed by atoms with Crippen molar-refractivity contribution in [2.75, 3.05) is 19.7 Å². The van der Waals surface area contributed by atoms with E-state index in [4.69, 9.17) is 4.74 Å². The van der Waals surface area contributed by atoms with E-state index in [-0.39, 0.29) is 5.56 Å². The van der Waals surface area contributed by atoms with Crippen LogP contribution in [0.15, 0.2) is 17.2 Å². The number of ether oxygens (including phenoxy) is 1. The first-order chi connectivity index (χ1) is 12.5. The summed E-state index contributed by atoms with van der Waals surface area (Å²) in [6.45, 7) is 1.62. The zero-order valence-corrected chi connectivity index (χ0v) is 14.6. The fraction of sp³-hybridized carbons (Fsp3) is 0.412. The van der Waals surface area contributed by atoms with Gasteiger partial charge in [0.2, 0.25) is 0 Å². The van der Waals surface area contributed by atoms with Gasteiger partial charge >= 0.3 is 0 Å². The van der Waals surface area contributed by atoms with Gasteiger partial charge in [-0.15, -0.1) is 11.3 Å². The Hall–Kier alpha value is -2.26. The second-order valence-electron chi connectivity index (χ2n) is 6.81. The minimum absolute atomic E-state index is 0.255. The number of halogens is 2. The van der Waals surface area contributed by atoms with Crippen LogP contribution in [0.25, 0.3) is 20.5 Å². The van der Waals surface area contributed by atoms with E-state index in [9.17, 15) is 13.6 Å². The van der Waals surface area contributed by atoms with Crippen molar-refractivity contribution in [1.29, 1.82) is 0 Å². The first kappa shape index (κ1) is 16.0. The SMILES string of the molecule is O=c1[nH]c(CN2CCC2)c2c3c(c(-c4cn[nH]c4)sc13)OCC(F)(F)C2. The summed E-state index contributed by atoms with van der Waals surface area (Å²) in [5, 5.41) is 7.17. The maximum Gasteiger partial charge on any atom is 0.285 e. The number of H-pyrrole nitrogens is 2. The van der Waals surface area contributed by atoms with Crippen molar-refractivity contribution < 1.29 is 13.5 Å². The molecule has 6 nitrogen and oxygen atoms in total. The smallest absolute Gasteiger partial charge is 0.285 e. The van der Waals surface area contributed by atoms with E-state index in [1.54, 1.807) is 12.4 Å². The lowest BCUT2D eigenvalue weighted by atomic mass is 10.0. The van der Waals surface area contributed by atoms with Crippen molar-refractivity contribution in [3.8, 4) is 16.2 Å². The molecule has 5 rings (SSSR count). The molecule has 2 aliphatic heterocycles. The number of hydrogen-bond donors (Lipinski definition) is 2. The Kier molecular flexibility index (Phi) is 3.45. The van der Waals surface area contributed by atoms with Gasteiger partial charge in [0.15, 0.2) is 6.61 Å². The molecule has 0 bridgehead atoms. The van der Waals surface area contributed by atoms with Crippen molar-refractivity contribution in [3.05, 3.63) is 34.0 Å². The molecule has 136 valence electrons. The summed E-state index contributed by atoms with van der Waals surface area (Å²) < 4.78 is 34.7. The van der Waals surface area contributed by atoms with Gasteiger partial charge < -0.3 is 9.72 Å². The monoisotopic (exact) mass is 378 g/mol. The quantitative estimate of drug-likeness (QED) is 0.735. The maximum atomic E-state index is 14.4. The van der Waals surface area contributed by atoms with Crippen LogP contribution in [0.3, 0.4) is 0 Å². The van der Waals surface area contributed by atoms with Crippen LogP contribution < -0.4 is 10.3 Å². The Balaban J connectivity index is 1.78. The zero-order valence-electron chi connectivity index (χ0n) is 13.8. The molecule has 26 heavy (non-hydrogen) atoms. The van der Waals surface area contributed by atoms with Crippen molar-refractivity contribution >= 4 is 21.4 Å². The highest BCUT2D eigenvalue weighted by Crippen LogP contribution is 2.47. The van der Waals surface area contributed by atoms with Crippen molar-refractivity contribution in [2.45, 2.75) is 25.3 Å². The molecule has 0 radical (unpaired) electrons. The van der Waals surface area contributed by atoms with Gasteiger partial charge in [-0.25, -0.2) is 8.78 Å². The number of thiophene rings is 1. The molecule has 2 N–H and O–H groups in total. The number of nitrogens with zero attached hydrogens (tertiary/aromatic N) is 2. The van der Waals surface area contributed by atoms with E-state index >= 15 is 0 Å². The molecule has 0 spiro atoms. The Labute approximate surface area is 150 Å². The number of aromatic nitrogens is 3. The van der Waals surface area contributed by atoms with Gasteiger partial charge in [-0.3, -0.25) is 14.8 Å². The summed E-state index contributed by atoms with van der Waals surface area (Å²) in [5.74, 6) is -2.62. The highest BCUT2D eigenvalue weighted by atomic mass is 32.1. The standard InChI is InChI=1S/C17H16F2N4O2S/c18-17(19)4-10-11(7-23-2-1-3-23)22-16(24)15-12(10)13(25-8-17)14(26-15)9-5-20-21-6-9/h5-6H,1-4,7-8H2,(H,20,21)(H,22,24). The highest BCUT2D eigenvalue weighted by molar-refractivity contribution is 7.22. The van der Waals surface area contributed by atoms with E-state index in [0.29, 0.717) is 38.5 Å². The van der Waals surface area contributed by atoms with E-state index in [1.807, 2.05) is 0 Å². The highest BCUT2D eigenvalue weighted by Gasteiger charge is 2.38. The molecule has 0 atom stereocenters. The lowest BCUT2D eigenvalue weighted by molar-refractivity contribution is -0.0372. The van der Waals surface area contributed by atoms with Gasteiger partial charge in [-0.05, 0) is 25.1 Å². The molecule has 3 aromatic rings. The third-order valence-corrected chi connectivity index (χ3v) is 6.17. The Morgan fingerprint density at radius 3 is 2.92 bits per heavy atom. The molecule has 0 aromatic carbocycles. The Morgan fingerprint density at radius 2 is 2.23 bits per heavy atom. The van der Waals surface area contributed by atoms with E-state index < -0.39 is 19.0 Å². The van der Waals surface area contributed by atoms with Gasteiger partial charge in [0.05, 0.1) is 11.1 Å². The minimum Gasteiger partial charge on any atom is -0.485 e. The lowest BCUT2D eigenvalue weighted by Crippen LogP contribution is -2.37. The van der Waals surface area contributed by atoms with Crippen LogP contribution in [0.1, 0.15) is 17.7 Å². The number of hydrogen-bond acceptors (Lipinski definition) is 5. The average molecular weight is 378 g/mol. The van der Waals surface area contributed by atoms with E-state index in [2.05, 4.69) is 20.1 Å². The Morgan fingerprint density at radius 1 is 1.38 bits per heavy atom. The number of pyridine rings is 1. The van der Waals surface area contributed by atoms with Crippen LogP contribution in [-0.4, -0.2) is 45.7 Å². The summed E-state index contributed by atoms with van der Waals surface area (Å²) in [6.07, 6.45) is 3.93. The molecule has 0 saturated carbocycles. The molecule has 0 unspecified atom stereocenters. The van der Waals surface area contributed by atoms with Crippen LogP contribution in [0, 0.1) is 0 Å². The first-order valence-electron chi connectivity index (χ1n) is 8.44. The van der Waals surface area contributed by atoms with E-state index in [0.717, 1.165) is 25.1 Å². The normalized spacial score (nSPS) is 19.2. The second kappa shape index (κ2) is 5.62. The fourth-order valence-corrected chi connectivity index (χ4v) is 4.70. The molecule has 3 aromatic heterocycles. The summed E-state index contributed by atoms with van der Waals surface area (Å²) in [5.41, 5.74) is 1.54. The molecule has 0 aliphatic carbocycles. The minimum atomic E-state index is -2.99. The third-order valence-electron chi connectivity index (χ3n) is 4.96. The first-order valence-corrected chi connectivity index (χ1v) is 9.26. The summed E-state index contributed by atoms with van der Waals surface area (Å²) in [4.78, 5) is 18.3. The maximum absolute atomic E-state index is 14.4. The van der Waals surface area contributed by atoms with Gasteiger partial charge in [0.25, 0.3) is 11.5 Å². The zero-order chi connectivity index (χ0) is 17.9. The van der Waals surface area contributed by atoms with Crippen LogP contribution in [0.2, 0.25) is 0 Å². The Bertz CT molecular complexity index is 1040. The summed E-state index contributed by atoms with van der Waals surface area (Å²) in [7, 11) is 0. The molecule has 5 heterocycles. The third kappa shape index (κ3) is 2.45. The number of nitrogens with one attached hydrogen (secondary N) is 2. The predicted octanol–water partition coefficient (Wildman–Crippen LogP) is 2.76. The van der Waals surface area contributed by atoms with Crippen LogP contribution in [0.5, 0.6) is 5.75 Å². The number of likely N-dealkylation sites (tertiary alicyclic amines) is 1. The molecule has 2 aliphatic rings. The fourth-order valence-electron chi connectivity index (χ4n) is 3.55. The number of rotatable bonds is 3. The summed E-state index contributed by atoms with van der Waals surface area (Å²) >= 11 is 1.26.